The van der Waals surface area contributed by atoms with Gasteiger partial charge in [-0.25, -0.2) is 23.5 Å². The Bertz CT molecular complexity index is 1700. The van der Waals surface area contributed by atoms with Crippen molar-refractivity contribution in [3.8, 4) is 10.6 Å². The zero-order chi connectivity index (χ0) is 28.6. The maximum absolute atomic E-state index is 13.9. The Kier molecular flexibility index (Phi) is 7.57. The van der Waals surface area contributed by atoms with Crippen molar-refractivity contribution >= 4 is 40.0 Å². The lowest BCUT2D eigenvalue weighted by Crippen LogP contribution is -2.42. The van der Waals surface area contributed by atoms with Crippen LogP contribution in [0.4, 0.5) is 14.6 Å². The molecule has 0 unspecified atom stereocenters. The number of alkyl halides is 2. The number of pyridine rings is 1. The summed E-state index contributed by atoms with van der Waals surface area (Å²) in [6.45, 7) is 3.04. The van der Waals surface area contributed by atoms with Crippen LogP contribution in [0.1, 0.15) is 31.1 Å². The number of ketones is 1. The topological polar surface area (TPSA) is 143 Å². The summed E-state index contributed by atoms with van der Waals surface area (Å²) in [5.41, 5.74) is -1.14. The van der Waals surface area contributed by atoms with Crippen LogP contribution < -0.4 is 16.6 Å². The summed E-state index contributed by atoms with van der Waals surface area (Å²) in [5.74, 6) is -3.93. The molecule has 0 aliphatic heterocycles. The number of thiazole rings is 1. The lowest BCUT2D eigenvalue weighted by Gasteiger charge is -2.14. The first-order valence-corrected chi connectivity index (χ1v) is 12.5. The van der Waals surface area contributed by atoms with Crippen LogP contribution >= 0.6 is 11.3 Å². The van der Waals surface area contributed by atoms with Crippen molar-refractivity contribution in [3.63, 3.8) is 0 Å². The summed E-state index contributed by atoms with van der Waals surface area (Å²) >= 11 is 1.14. The van der Waals surface area contributed by atoms with E-state index in [0.717, 1.165) is 27.4 Å². The largest absolute Gasteiger partial charge is 0.377 e. The van der Waals surface area contributed by atoms with Gasteiger partial charge >= 0.3 is 5.69 Å². The number of aryl methyl sites for hydroxylation is 2. The van der Waals surface area contributed by atoms with Gasteiger partial charge in [0.05, 0.1) is 12.9 Å². The standard InChI is InChI=1S/C24H25F2N7O5S/c1-12-16(24(3,25)26)6-14(7-27-12)21-30-17(10-39-21)29-20(35)13(2)33-11-28-19-18(33)22(36)32(23(37)31(19)4)8-15(34)9-38-5/h6-7,10-11,13H,8-9H2,1-5H3,(H,29,35)/t13-/m0/s1. The molecule has 0 radical (unpaired) electrons. The molecule has 0 aromatic carbocycles. The van der Waals surface area contributed by atoms with E-state index in [9.17, 15) is 28.0 Å². The second-order valence-corrected chi connectivity index (χ2v) is 9.84. The van der Waals surface area contributed by atoms with Crippen LogP contribution in [0.3, 0.4) is 0 Å². The van der Waals surface area contributed by atoms with Gasteiger partial charge in [-0.1, -0.05) is 0 Å². The molecule has 15 heteroatoms. The molecule has 4 heterocycles. The van der Waals surface area contributed by atoms with Crippen LogP contribution in [0.15, 0.2) is 33.6 Å². The monoisotopic (exact) mass is 561 g/mol. The van der Waals surface area contributed by atoms with E-state index >= 15 is 0 Å². The van der Waals surface area contributed by atoms with E-state index in [1.807, 2.05) is 0 Å². The molecule has 0 fully saturated rings. The fourth-order valence-corrected chi connectivity index (χ4v) is 4.75. The molecule has 0 aliphatic rings. The second kappa shape index (κ2) is 10.6. The fraction of sp³-hybridized carbons (Fsp3) is 0.375. The van der Waals surface area contributed by atoms with Gasteiger partial charge in [0.25, 0.3) is 11.5 Å². The van der Waals surface area contributed by atoms with Gasteiger partial charge in [-0.05, 0) is 19.9 Å². The Morgan fingerprint density at radius 3 is 2.64 bits per heavy atom. The molecule has 0 spiro atoms. The molecule has 0 aliphatic carbocycles. The number of rotatable bonds is 9. The molecular formula is C24H25F2N7O5S. The highest BCUT2D eigenvalue weighted by molar-refractivity contribution is 7.13. The summed E-state index contributed by atoms with van der Waals surface area (Å²) in [4.78, 5) is 63.5. The fourth-order valence-electron chi connectivity index (χ4n) is 4.02. The number of fused-ring (bicyclic) bond motifs is 1. The third-order valence-corrected chi connectivity index (χ3v) is 6.95. The number of nitrogens with one attached hydrogen (secondary N) is 1. The van der Waals surface area contributed by atoms with E-state index in [-0.39, 0.29) is 34.8 Å². The van der Waals surface area contributed by atoms with Crippen molar-refractivity contribution in [2.24, 2.45) is 7.05 Å². The van der Waals surface area contributed by atoms with Crippen molar-refractivity contribution in [1.29, 1.82) is 0 Å². The van der Waals surface area contributed by atoms with E-state index < -0.39 is 41.4 Å². The zero-order valence-corrected chi connectivity index (χ0v) is 22.5. The molecule has 0 bridgehead atoms. The Labute approximate surface area is 223 Å². The molecule has 1 amide bonds. The molecule has 1 N–H and O–H groups in total. The smallest absolute Gasteiger partial charge is 0.332 e. The lowest BCUT2D eigenvalue weighted by atomic mass is 10.1. The van der Waals surface area contributed by atoms with Crippen molar-refractivity contribution in [2.45, 2.75) is 39.3 Å². The molecule has 0 saturated heterocycles. The second-order valence-electron chi connectivity index (χ2n) is 8.98. The number of hydrogen-bond acceptors (Lipinski definition) is 9. The van der Waals surface area contributed by atoms with Gasteiger partial charge in [-0.15, -0.1) is 11.3 Å². The van der Waals surface area contributed by atoms with Gasteiger partial charge in [-0.3, -0.25) is 28.5 Å². The third kappa shape index (κ3) is 5.40. The number of carbonyl (C=O) groups is 2. The van der Waals surface area contributed by atoms with Crippen molar-refractivity contribution in [3.05, 3.63) is 56.1 Å². The summed E-state index contributed by atoms with van der Waals surface area (Å²) < 4.78 is 35.8. The van der Waals surface area contributed by atoms with Crippen molar-refractivity contribution in [2.75, 3.05) is 19.0 Å². The Morgan fingerprint density at radius 1 is 1.26 bits per heavy atom. The summed E-state index contributed by atoms with van der Waals surface area (Å²) in [5, 5.41) is 4.57. The number of halogens is 2. The van der Waals surface area contributed by atoms with Crippen molar-refractivity contribution < 1.29 is 23.1 Å². The molecule has 206 valence electrons. The maximum atomic E-state index is 13.9. The van der Waals surface area contributed by atoms with Crippen LogP contribution in [-0.4, -0.2) is 54.1 Å². The van der Waals surface area contributed by atoms with Gasteiger partial charge in [0.15, 0.2) is 16.9 Å². The van der Waals surface area contributed by atoms with E-state index in [2.05, 4.69) is 20.3 Å². The minimum atomic E-state index is -3.08. The van der Waals surface area contributed by atoms with Crippen LogP contribution in [0.25, 0.3) is 21.7 Å². The number of imidazole rings is 1. The average molecular weight is 562 g/mol. The highest BCUT2D eigenvalue weighted by Gasteiger charge is 2.28. The lowest BCUT2D eigenvalue weighted by molar-refractivity contribution is -0.123. The quantitative estimate of drug-likeness (QED) is 0.328. The molecule has 4 rings (SSSR count). The molecule has 4 aromatic rings. The Morgan fingerprint density at radius 2 is 1.97 bits per heavy atom. The van der Waals surface area contributed by atoms with Gasteiger partial charge in [-0.2, -0.15) is 0 Å². The average Bonchev–Trinajstić information content (AvgIpc) is 3.52. The summed E-state index contributed by atoms with van der Waals surface area (Å²) in [6.07, 6.45) is 2.69. The van der Waals surface area contributed by atoms with Crippen LogP contribution in [0, 0.1) is 6.92 Å². The van der Waals surface area contributed by atoms with Gasteiger partial charge in [0, 0.05) is 49.5 Å². The summed E-state index contributed by atoms with van der Waals surface area (Å²) in [7, 11) is 2.72. The molecule has 0 saturated carbocycles. The zero-order valence-electron chi connectivity index (χ0n) is 21.7. The first kappa shape index (κ1) is 27.9. The molecular weight excluding hydrogens is 536 g/mol. The predicted octanol–water partition coefficient (Wildman–Crippen LogP) is 2.25. The van der Waals surface area contributed by atoms with Crippen molar-refractivity contribution in [1.82, 2.24) is 28.7 Å². The molecule has 39 heavy (non-hydrogen) atoms. The van der Waals surface area contributed by atoms with Crippen LogP contribution in [0.5, 0.6) is 0 Å². The van der Waals surface area contributed by atoms with Gasteiger partial charge in [0.2, 0.25) is 5.91 Å². The van der Waals surface area contributed by atoms with Gasteiger partial charge < -0.3 is 14.6 Å². The first-order chi connectivity index (χ1) is 18.3. The van der Waals surface area contributed by atoms with E-state index in [4.69, 9.17) is 4.74 Å². The molecule has 12 nitrogen and oxygen atoms in total. The minimum Gasteiger partial charge on any atom is -0.377 e. The van der Waals surface area contributed by atoms with Gasteiger partial charge in [0.1, 0.15) is 23.5 Å². The number of amides is 1. The first-order valence-electron chi connectivity index (χ1n) is 11.6. The predicted molar refractivity (Wildman–Crippen MR) is 139 cm³/mol. The highest BCUT2D eigenvalue weighted by atomic mass is 32.1. The number of aromatic nitrogens is 6. The van der Waals surface area contributed by atoms with E-state index in [0.29, 0.717) is 10.6 Å². The number of Topliss-reactive ketones (excluding diaryl/α,β-unsaturated/α-hetero) is 1. The number of ether oxygens (including phenoxy) is 1. The van der Waals surface area contributed by atoms with Crippen LogP contribution in [-0.2, 0) is 33.8 Å². The molecule has 1 atom stereocenters. The van der Waals surface area contributed by atoms with E-state index in [1.165, 1.54) is 51.2 Å². The number of hydrogen-bond donors (Lipinski definition) is 1. The third-order valence-electron chi connectivity index (χ3n) is 6.06. The normalized spacial score (nSPS) is 12.6. The highest BCUT2D eigenvalue weighted by Crippen LogP contribution is 2.33. The number of methoxy groups -OCH3 is 1. The number of nitrogens with zero attached hydrogens (tertiary/aromatic N) is 6. The van der Waals surface area contributed by atoms with Crippen LogP contribution in [0.2, 0.25) is 0 Å². The Balaban J connectivity index is 1.62. The number of carbonyl (C=O) groups excluding carboxylic acids is 2. The number of anilines is 1. The van der Waals surface area contributed by atoms with E-state index in [1.54, 1.807) is 5.38 Å². The SMILES string of the molecule is COCC(=O)Cn1c(=O)c2c(ncn2[C@@H](C)C(=O)Nc2csc(-c3cnc(C)c(C(C)(F)F)c3)n2)n(C)c1=O. The Hall–Kier alpha value is -4.11. The maximum Gasteiger partial charge on any atom is 0.332 e. The minimum absolute atomic E-state index is 0.0392. The molecule has 4 aromatic heterocycles. The summed E-state index contributed by atoms with van der Waals surface area (Å²) in [6, 6.07) is 0.347.